The fourth-order valence-corrected chi connectivity index (χ4v) is 2.64. The van der Waals surface area contributed by atoms with E-state index < -0.39 is 58.8 Å². The van der Waals surface area contributed by atoms with E-state index in [0.29, 0.717) is 0 Å². The lowest BCUT2D eigenvalue weighted by molar-refractivity contribution is -0.322. The molecule has 0 spiro atoms. The van der Waals surface area contributed by atoms with Gasteiger partial charge in [-0.15, -0.1) is 0 Å². The minimum atomic E-state index is -5.27. The fraction of sp³-hybridized carbons (Fsp3) is 0.889. The third-order valence-corrected chi connectivity index (χ3v) is 4.10. The average Bonchev–Trinajstić information content (AvgIpc) is 2.42. The summed E-state index contributed by atoms with van der Waals surface area (Å²) in [5.41, 5.74) is 0. The van der Waals surface area contributed by atoms with E-state index in [1.165, 1.54) is 0 Å². The van der Waals surface area contributed by atoms with Crippen LogP contribution >= 0.6 is 0 Å². The number of rotatable bonds is 5. The Morgan fingerprint density at radius 1 is 1.33 bits per heavy atom. The van der Waals surface area contributed by atoms with E-state index in [1.807, 2.05) is 0 Å². The number of nitrogens with one attached hydrogen (secondary N) is 1. The smallest absolute Gasteiger partial charge is 0.330 e. The molecule has 0 aliphatic carbocycles. The number of aliphatic hydroxyl groups excluding tert-OH is 4. The first-order valence-electron chi connectivity index (χ1n) is 5.66. The first-order chi connectivity index (χ1) is 9.60. The summed E-state index contributed by atoms with van der Waals surface area (Å²) in [5.74, 6) is -0.560. The van der Waals surface area contributed by atoms with Crippen LogP contribution in [0.25, 0.3) is 0 Å². The summed E-state index contributed by atoms with van der Waals surface area (Å²) in [5, 5.41) is 42.0. The lowest BCUT2D eigenvalue weighted by atomic mass is 9.99. The molecule has 0 aromatic rings. The second kappa shape index (κ2) is 6.50. The molecule has 6 N–H and O–H groups in total. The van der Waals surface area contributed by atoms with E-state index in [4.69, 9.17) is 20.0 Å². The second-order valence-corrected chi connectivity index (χ2v) is 5.78. The van der Waals surface area contributed by atoms with Crippen LogP contribution in [-0.4, -0.2) is 89.2 Å². The van der Waals surface area contributed by atoms with E-state index in [9.17, 15) is 28.3 Å². The van der Waals surface area contributed by atoms with Gasteiger partial charge in [0.1, 0.15) is 24.9 Å². The van der Waals surface area contributed by atoms with Crippen LogP contribution in [0.15, 0.2) is 0 Å². The third-order valence-electron chi connectivity index (χ3n) is 2.92. The van der Waals surface area contributed by atoms with Crippen LogP contribution < -0.4 is 0 Å². The first kappa shape index (κ1) is 18.2. The molecule has 0 aromatic carbocycles. The van der Waals surface area contributed by atoms with Gasteiger partial charge in [-0.05, 0) is 0 Å². The van der Waals surface area contributed by atoms with E-state index in [1.54, 1.807) is 0 Å². The van der Waals surface area contributed by atoms with E-state index in [2.05, 4.69) is 4.74 Å². The molecule has 0 unspecified atom stereocenters. The minimum absolute atomic E-state index is 0.560. The molecule has 0 aromatic heterocycles. The molecule has 21 heavy (non-hydrogen) atoms. The summed E-state index contributed by atoms with van der Waals surface area (Å²) in [6.07, 6.45) is -7.95. The van der Waals surface area contributed by atoms with E-state index in [0.717, 1.165) is 7.11 Å². The summed E-state index contributed by atoms with van der Waals surface area (Å²) >= 11 is 0. The summed E-state index contributed by atoms with van der Waals surface area (Å²) in [6.45, 7) is -1.75. The zero-order valence-corrected chi connectivity index (χ0v) is 11.7. The van der Waals surface area contributed by atoms with Crippen molar-refractivity contribution in [3.63, 3.8) is 0 Å². The molecule has 1 rings (SSSR count). The Labute approximate surface area is 119 Å². The van der Waals surface area contributed by atoms with Gasteiger partial charge in [0.2, 0.25) is 5.90 Å². The SMILES string of the molecule is COC(=N)CO[C@]1(S(=O)(=O)O)O[C@H](CO)[C@H](O)[C@H](O)[C@H]1O. The predicted octanol–water partition coefficient (Wildman–Crippen LogP) is -3.36. The van der Waals surface area contributed by atoms with Gasteiger partial charge in [-0.25, -0.2) is 0 Å². The van der Waals surface area contributed by atoms with Crippen molar-refractivity contribution in [3.05, 3.63) is 0 Å². The molecule has 0 amide bonds. The zero-order chi connectivity index (χ0) is 16.4. The molecule has 12 heteroatoms. The first-order valence-corrected chi connectivity index (χ1v) is 7.10. The topological polar surface area (TPSA) is 187 Å². The lowest BCUT2D eigenvalue weighted by Gasteiger charge is -2.45. The molecule has 1 heterocycles. The molecule has 124 valence electrons. The summed E-state index contributed by atoms with van der Waals surface area (Å²) in [7, 11) is -4.17. The summed E-state index contributed by atoms with van der Waals surface area (Å²) in [4.78, 5) is 0. The van der Waals surface area contributed by atoms with Gasteiger partial charge in [0.05, 0.1) is 13.7 Å². The molecule has 5 atom stereocenters. The quantitative estimate of drug-likeness (QED) is 0.169. The molecule has 1 fully saturated rings. The molecule has 1 aliphatic heterocycles. The van der Waals surface area contributed by atoms with Gasteiger partial charge in [0.25, 0.3) is 0 Å². The zero-order valence-electron chi connectivity index (χ0n) is 10.9. The highest BCUT2D eigenvalue weighted by Gasteiger charge is 2.62. The van der Waals surface area contributed by atoms with E-state index in [-0.39, 0.29) is 0 Å². The standard InChI is InChI=1S/C9H17NO10S/c1-18-5(10)3-19-9(21(15,16)17)8(14)7(13)6(12)4(2-11)20-9/h4,6-8,10-14H,2-3H2,1H3,(H,15,16,17)/t4-,6+,7+,8-,9+/m1/s1. The van der Waals surface area contributed by atoms with Crippen LogP contribution in [0.1, 0.15) is 0 Å². The Balaban J connectivity index is 3.19. The highest BCUT2D eigenvalue weighted by atomic mass is 32.2. The highest BCUT2D eigenvalue weighted by molar-refractivity contribution is 7.87. The van der Waals surface area contributed by atoms with Crippen LogP contribution in [0, 0.1) is 5.41 Å². The van der Waals surface area contributed by atoms with Crippen molar-refractivity contribution >= 4 is 16.0 Å². The molecule has 0 radical (unpaired) electrons. The Hall–Kier alpha value is -0.860. The van der Waals surface area contributed by atoms with Crippen molar-refractivity contribution in [3.8, 4) is 0 Å². The highest BCUT2D eigenvalue weighted by Crippen LogP contribution is 2.35. The van der Waals surface area contributed by atoms with Gasteiger partial charge in [0.15, 0.2) is 6.10 Å². The maximum Gasteiger partial charge on any atom is 0.330 e. The normalized spacial score (nSPS) is 37.2. The maximum atomic E-state index is 11.5. The predicted molar refractivity (Wildman–Crippen MR) is 64.9 cm³/mol. The Morgan fingerprint density at radius 2 is 1.90 bits per heavy atom. The molecule has 0 bridgehead atoms. The van der Waals surface area contributed by atoms with Gasteiger partial charge in [0, 0.05) is 0 Å². The Bertz CT molecular complexity index is 479. The number of methoxy groups -OCH3 is 1. The van der Waals surface area contributed by atoms with Gasteiger partial charge >= 0.3 is 15.2 Å². The van der Waals surface area contributed by atoms with Gasteiger partial charge in [-0.1, -0.05) is 0 Å². The molecule has 11 nitrogen and oxygen atoms in total. The molecular formula is C9H17NO10S. The van der Waals surface area contributed by atoms with Crippen molar-refractivity contribution in [1.82, 2.24) is 0 Å². The summed E-state index contributed by atoms with van der Waals surface area (Å²) < 4.78 is 46.1. The van der Waals surface area contributed by atoms with Crippen LogP contribution in [-0.2, 0) is 24.3 Å². The van der Waals surface area contributed by atoms with Crippen molar-refractivity contribution < 1.29 is 47.6 Å². The Kier molecular flexibility index (Phi) is 5.63. The van der Waals surface area contributed by atoms with Crippen molar-refractivity contribution in [1.29, 1.82) is 5.41 Å². The van der Waals surface area contributed by atoms with Crippen LogP contribution in [0.3, 0.4) is 0 Å². The molecule has 1 saturated heterocycles. The summed E-state index contributed by atoms with van der Waals surface area (Å²) in [6, 6.07) is 0. The van der Waals surface area contributed by atoms with Gasteiger partial charge in [-0.2, -0.15) is 8.42 Å². The second-order valence-electron chi connectivity index (χ2n) is 4.26. The van der Waals surface area contributed by atoms with Crippen LogP contribution in [0.5, 0.6) is 0 Å². The van der Waals surface area contributed by atoms with Gasteiger partial charge in [-0.3, -0.25) is 9.96 Å². The van der Waals surface area contributed by atoms with Gasteiger partial charge < -0.3 is 34.6 Å². The number of hydrogen-bond donors (Lipinski definition) is 6. The van der Waals surface area contributed by atoms with E-state index >= 15 is 0 Å². The van der Waals surface area contributed by atoms with Crippen LogP contribution in [0.2, 0.25) is 0 Å². The molecule has 0 saturated carbocycles. The molecular weight excluding hydrogens is 314 g/mol. The van der Waals surface area contributed by atoms with Crippen molar-refractivity contribution in [2.75, 3.05) is 20.3 Å². The van der Waals surface area contributed by atoms with Crippen LogP contribution in [0.4, 0.5) is 0 Å². The fourth-order valence-electron chi connectivity index (χ4n) is 1.74. The van der Waals surface area contributed by atoms with Crippen molar-refractivity contribution in [2.24, 2.45) is 0 Å². The lowest BCUT2D eigenvalue weighted by Crippen LogP contribution is -2.69. The average molecular weight is 331 g/mol. The monoisotopic (exact) mass is 331 g/mol. The molecule has 1 aliphatic rings. The largest absolute Gasteiger partial charge is 0.483 e. The minimum Gasteiger partial charge on any atom is -0.483 e. The number of ether oxygens (including phenoxy) is 3. The van der Waals surface area contributed by atoms with Crippen molar-refractivity contribution in [2.45, 2.75) is 29.5 Å². The maximum absolute atomic E-state index is 11.5. The third kappa shape index (κ3) is 3.32. The number of hydrogen-bond acceptors (Lipinski definition) is 10. The Morgan fingerprint density at radius 3 is 2.33 bits per heavy atom. The number of aliphatic hydroxyl groups is 4.